The number of esters is 1. The molecule has 1 aromatic carbocycles. The Bertz CT molecular complexity index is 1020. The van der Waals surface area contributed by atoms with Gasteiger partial charge in [0.1, 0.15) is 10.9 Å². The third kappa shape index (κ3) is 3.81. The molecule has 5 nitrogen and oxygen atoms in total. The fraction of sp³-hybridized carbons (Fsp3) is 0.381. The summed E-state index contributed by atoms with van der Waals surface area (Å²) in [4.78, 5) is 31.7. The van der Waals surface area contributed by atoms with E-state index < -0.39 is 12.0 Å². The fourth-order valence-corrected chi connectivity index (χ4v) is 4.01. The van der Waals surface area contributed by atoms with Crippen molar-refractivity contribution in [3.63, 3.8) is 0 Å². The van der Waals surface area contributed by atoms with Crippen LogP contribution in [-0.2, 0) is 9.53 Å². The molecular formula is C21H24N2O3S. The summed E-state index contributed by atoms with van der Waals surface area (Å²) in [6, 6.07) is 7.38. The highest BCUT2D eigenvalue weighted by Crippen LogP contribution is 2.35. The van der Waals surface area contributed by atoms with E-state index in [1.165, 1.54) is 22.2 Å². The number of aromatic nitrogens is 2. The Hall–Kier alpha value is -2.47. The average molecular weight is 385 g/mol. The third-order valence-electron chi connectivity index (χ3n) is 4.65. The van der Waals surface area contributed by atoms with Gasteiger partial charge in [0.25, 0.3) is 5.56 Å². The summed E-state index contributed by atoms with van der Waals surface area (Å²) < 4.78 is 6.65. The van der Waals surface area contributed by atoms with Crippen LogP contribution in [0.25, 0.3) is 21.3 Å². The van der Waals surface area contributed by atoms with E-state index in [0.717, 1.165) is 34.4 Å². The number of nitrogens with zero attached hydrogens (tertiary/aromatic N) is 2. The van der Waals surface area contributed by atoms with Crippen LogP contribution < -0.4 is 5.56 Å². The van der Waals surface area contributed by atoms with Gasteiger partial charge in [0.2, 0.25) is 0 Å². The van der Waals surface area contributed by atoms with Gasteiger partial charge in [0.05, 0.1) is 18.3 Å². The number of hydrogen-bond acceptors (Lipinski definition) is 5. The third-order valence-corrected chi connectivity index (χ3v) is 5.67. The van der Waals surface area contributed by atoms with Crippen LogP contribution in [0.5, 0.6) is 0 Å². The van der Waals surface area contributed by atoms with Crippen molar-refractivity contribution < 1.29 is 9.53 Å². The average Bonchev–Trinajstić information content (AvgIpc) is 2.99. The number of rotatable bonds is 6. The smallest absolute Gasteiger partial charge is 0.328 e. The van der Waals surface area contributed by atoms with Gasteiger partial charge in [-0.25, -0.2) is 9.78 Å². The van der Waals surface area contributed by atoms with Gasteiger partial charge in [-0.1, -0.05) is 43.2 Å². The second-order valence-corrected chi connectivity index (χ2v) is 7.94. The summed E-state index contributed by atoms with van der Waals surface area (Å²) in [5.74, 6) is -0.407. The molecule has 6 heteroatoms. The molecule has 0 spiro atoms. The molecule has 0 bridgehead atoms. The van der Waals surface area contributed by atoms with E-state index in [9.17, 15) is 9.59 Å². The predicted molar refractivity (Wildman–Crippen MR) is 109 cm³/mol. The van der Waals surface area contributed by atoms with Gasteiger partial charge in [-0.2, -0.15) is 0 Å². The lowest BCUT2D eigenvalue weighted by molar-refractivity contribution is -0.147. The first-order valence-corrected chi connectivity index (χ1v) is 9.99. The molecule has 1 unspecified atom stereocenters. The minimum atomic E-state index is -0.711. The maximum Gasteiger partial charge on any atom is 0.328 e. The second kappa shape index (κ2) is 8.05. The first kappa shape index (κ1) is 19.3. The summed E-state index contributed by atoms with van der Waals surface area (Å²) in [5.41, 5.74) is 2.84. The molecular weight excluding hydrogens is 360 g/mol. The number of benzene rings is 1. The number of unbranched alkanes of at least 4 members (excludes halogenated alkanes) is 1. The fourth-order valence-electron chi connectivity index (χ4n) is 3.01. The maximum absolute atomic E-state index is 13.2. The van der Waals surface area contributed by atoms with Crippen molar-refractivity contribution in [3.05, 3.63) is 51.4 Å². The molecule has 0 aliphatic carbocycles. The van der Waals surface area contributed by atoms with E-state index in [2.05, 4.69) is 4.98 Å². The molecule has 2 heterocycles. The Morgan fingerprint density at radius 2 is 1.96 bits per heavy atom. The number of carbonyl (C=O) groups excluding carboxylic acids is 1. The number of fused-ring (bicyclic) bond motifs is 1. The summed E-state index contributed by atoms with van der Waals surface area (Å²) >= 11 is 1.50. The molecule has 0 N–H and O–H groups in total. The Kier molecular flexibility index (Phi) is 5.75. The van der Waals surface area contributed by atoms with Crippen LogP contribution in [0.15, 0.2) is 35.4 Å². The van der Waals surface area contributed by atoms with Gasteiger partial charge in [-0.15, -0.1) is 11.3 Å². The zero-order valence-corrected chi connectivity index (χ0v) is 16.9. The van der Waals surface area contributed by atoms with E-state index in [0.29, 0.717) is 16.8 Å². The minimum Gasteiger partial charge on any atom is -0.464 e. The molecule has 0 aliphatic heterocycles. The van der Waals surface area contributed by atoms with Gasteiger partial charge in [-0.3, -0.25) is 9.36 Å². The van der Waals surface area contributed by atoms with Crippen LogP contribution in [0.1, 0.15) is 43.2 Å². The van der Waals surface area contributed by atoms with Crippen molar-refractivity contribution >= 4 is 27.5 Å². The molecule has 0 fully saturated rings. The topological polar surface area (TPSA) is 61.2 Å². The standard InChI is InChI=1S/C21H24N2O3S/c1-5-6-11-26-21(25)14(3)23-12-22-19-18(20(23)24)17(15(4)27-19)16-9-7-13(2)8-10-16/h7-10,12,14H,5-6,11H2,1-4H3. The molecule has 27 heavy (non-hydrogen) atoms. The molecule has 0 radical (unpaired) electrons. The van der Waals surface area contributed by atoms with Crippen molar-refractivity contribution in [2.45, 2.75) is 46.6 Å². The predicted octanol–water partition coefficient (Wildman–Crippen LogP) is 4.65. The molecule has 3 rings (SSSR count). The number of hydrogen-bond donors (Lipinski definition) is 0. The zero-order chi connectivity index (χ0) is 19.6. The van der Waals surface area contributed by atoms with Crippen molar-refractivity contribution in [1.29, 1.82) is 0 Å². The molecule has 1 atom stereocenters. The first-order chi connectivity index (χ1) is 12.9. The SMILES string of the molecule is CCCCOC(=O)C(C)n1cnc2sc(C)c(-c3ccc(C)cc3)c2c1=O. The van der Waals surface area contributed by atoms with Gasteiger partial charge < -0.3 is 4.74 Å². The Balaban J connectivity index is 2.06. The molecule has 0 saturated carbocycles. The lowest BCUT2D eigenvalue weighted by Gasteiger charge is -2.14. The second-order valence-electron chi connectivity index (χ2n) is 6.73. The minimum absolute atomic E-state index is 0.208. The molecule has 2 aromatic heterocycles. The summed E-state index contributed by atoms with van der Waals surface area (Å²) in [5, 5.41) is 0.567. The van der Waals surface area contributed by atoms with E-state index in [4.69, 9.17) is 4.74 Å². The summed E-state index contributed by atoms with van der Waals surface area (Å²) in [6.07, 6.45) is 3.21. The van der Waals surface area contributed by atoms with Gasteiger partial charge in [-0.05, 0) is 32.8 Å². The van der Waals surface area contributed by atoms with Crippen LogP contribution >= 0.6 is 11.3 Å². The van der Waals surface area contributed by atoms with Crippen molar-refractivity contribution in [1.82, 2.24) is 9.55 Å². The Labute approximate surface area is 162 Å². The van der Waals surface area contributed by atoms with E-state index >= 15 is 0 Å². The van der Waals surface area contributed by atoms with Crippen molar-refractivity contribution in [2.75, 3.05) is 6.61 Å². The van der Waals surface area contributed by atoms with Crippen LogP contribution in [0.4, 0.5) is 0 Å². The zero-order valence-electron chi connectivity index (χ0n) is 16.1. The molecule has 142 valence electrons. The number of ether oxygens (including phenoxy) is 1. The van der Waals surface area contributed by atoms with Crippen molar-refractivity contribution in [3.8, 4) is 11.1 Å². The molecule has 0 saturated heterocycles. The highest BCUT2D eigenvalue weighted by Gasteiger charge is 2.22. The Morgan fingerprint density at radius 3 is 2.63 bits per heavy atom. The highest BCUT2D eigenvalue weighted by molar-refractivity contribution is 7.19. The van der Waals surface area contributed by atoms with Crippen molar-refractivity contribution in [2.24, 2.45) is 0 Å². The van der Waals surface area contributed by atoms with Gasteiger partial charge in [0.15, 0.2) is 0 Å². The number of aryl methyl sites for hydroxylation is 2. The number of thiophene rings is 1. The van der Waals surface area contributed by atoms with E-state index in [1.54, 1.807) is 6.92 Å². The largest absolute Gasteiger partial charge is 0.464 e. The molecule has 0 aliphatic rings. The van der Waals surface area contributed by atoms with Crippen LogP contribution in [0.3, 0.4) is 0 Å². The van der Waals surface area contributed by atoms with E-state index in [-0.39, 0.29) is 5.56 Å². The monoisotopic (exact) mass is 384 g/mol. The highest BCUT2D eigenvalue weighted by atomic mass is 32.1. The van der Waals surface area contributed by atoms with Gasteiger partial charge >= 0.3 is 5.97 Å². The van der Waals surface area contributed by atoms with Crippen LogP contribution in [0, 0.1) is 13.8 Å². The molecule has 3 aromatic rings. The molecule has 0 amide bonds. The van der Waals surface area contributed by atoms with Crippen LogP contribution in [-0.4, -0.2) is 22.1 Å². The summed E-state index contributed by atoms with van der Waals surface area (Å²) in [7, 11) is 0. The van der Waals surface area contributed by atoms with Gasteiger partial charge in [0, 0.05) is 10.4 Å². The van der Waals surface area contributed by atoms with E-state index in [1.807, 2.05) is 45.0 Å². The lowest BCUT2D eigenvalue weighted by Crippen LogP contribution is -2.29. The normalized spacial score (nSPS) is 12.3. The first-order valence-electron chi connectivity index (χ1n) is 9.18. The lowest BCUT2D eigenvalue weighted by atomic mass is 10.0. The summed E-state index contributed by atoms with van der Waals surface area (Å²) in [6.45, 7) is 8.10. The van der Waals surface area contributed by atoms with Crippen LogP contribution in [0.2, 0.25) is 0 Å². The maximum atomic E-state index is 13.2. The number of carbonyl (C=O) groups is 1. The Morgan fingerprint density at radius 1 is 1.26 bits per heavy atom. The quantitative estimate of drug-likeness (QED) is 0.459.